The van der Waals surface area contributed by atoms with Crippen LogP contribution in [0.3, 0.4) is 0 Å². The Hall–Kier alpha value is -2.90. The number of hydrogen-bond donors (Lipinski definition) is 1. The minimum Gasteiger partial charge on any atom is -0.497 e. The summed E-state index contributed by atoms with van der Waals surface area (Å²) in [6.07, 6.45) is 1.42. The van der Waals surface area contributed by atoms with Crippen molar-refractivity contribution in [1.29, 1.82) is 0 Å². The fourth-order valence-corrected chi connectivity index (χ4v) is 2.65. The van der Waals surface area contributed by atoms with Crippen LogP contribution in [0.1, 0.15) is 0 Å². The Morgan fingerprint density at radius 1 is 1.19 bits per heavy atom. The Morgan fingerprint density at radius 3 is 2.59 bits per heavy atom. The van der Waals surface area contributed by atoms with E-state index in [4.69, 9.17) is 27.9 Å². The maximum absolute atomic E-state index is 12.2. The van der Waals surface area contributed by atoms with Crippen molar-refractivity contribution in [3.8, 4) is 17.0 Å². The molecule has 0 saturated carbocycles. The van der Waals surface area contributed by atoms with Gasteiger partial charge in [-0.3, -0.25) is 4.79 Å². The lowest BCUT2D eigenvalue weighted by Crippen LogP contribution is -2.31. The predicted octanol–water partition coefficient (Wildman–Crippen LogP) is 3.26. The van der Waals surface area contributed by atoms with Crippen molar-refractivity contribution in [2.45, 2.75) is 6.54 Å². The first-order chi connectivity index (χ1) is 13.0. The molecular formula is C18H14Cl2N4O3. The minimum atomic E-state index is -0.643. The average Bonchev–Trinajstić information content (AvgIpc) is 2.67. The van der Waals surface area contributed by atoms with Crippen molar-refractivity contribution in [2.24, 2.45) is 0 Å². The van der Waals surface area contributed by atoms with Crippen LogP contribution in [0.25, 0.3) is 11.3 Å². The molecule has 9 heteroatoms. The van der Waals surface area contributed by atoms with Crippen LogP contribution in [0.5, 0.6) is 5.75 Å². The molecule has 27 heavy (non-hydrogen) atoms. The number of ether oxygens (including phenoxy) is 1. The van der Waals surface area contributed by atoms with Crippen molar-refractivity contribution in [3.05, 3.63) is 69.2 Å². The number of anilines is 1. The molecule has 0 bridgehead atoms. The molecule has 3 rings (SSSR count). The largest absolute Gasteiger partial charge is 0.497 e. The molecule has 0 saturated heterocycles. The summed E-state index contributed by atoms with van der Waals surface area (Å²) in [5.41, 5.74) is 0.820. The van der Waals surface area contributed by atoms with E-state index in [0.29, 0.717) is 27.7 Å². The summed E-state index contributed by atoms with van der Waals surface area (Å²) >= 11 is 11.9. The highest BCUT2D eigenvalue weighted by atomic mass is 35.5. The second kappa shape index (κ2) is 8.20. The molecule has 1 heterocycles. The lowest BCUT2D eigenvalue weighted by molar-refractivity contribution is -0.117. The number of aromatic nitrogens is 3. The van der Waals surface area contributed by atoms with Crippen LogP contribution < -0.4 is 15.7 Å². The van der Waals surface area contributed by atoms with Crippen LogP contribution >= 0.6 is 23.2 Å². The van der Waals surface area contributed by atoms with Gasteiger partial charge in [0, 0.05) is 5.56 Å². The van der Waals surface area contributed by atoms with Crippen molar-refractivity contribution < 1.29 is 9.53 Å². The zero-order valence-corrected chi connectivity index (χ0v) is 15.7. The molecule has 0 spiro atoms. The van der Waals surface area contributed by atoms with Crippen molar-refractivity contribution in [2.75, 3.05) is 12.4 Å². The third kappa shape index (κ3) is 4.45. The zero-order chi connectivity index (χ0) is 19.4. The average molecular weight is 405 g/mol. The second-order valence-corrected chi connectivity index (χ2v) is 6.25. The summed E-state index contributed by atoms with van der Waals surface area (Å²) in [6.45, 7) is -0.308. The van der Waals surface area contributed by atoms with Crippen LogP contribution in [0, 0.1) is 0 Å². The Morgan fingerprint density at radius 2 is 1.93 bits per heavy atom. The molecule has 0 aliphatic heterocycles. The van der Waals surface area contributed by atoms with Gasteiger partial charge in [0.1, 0.15) is 12.3 Å². The molecule has 138 valence electrons. The van der Waals surface area contributed by atoms with Crippen LogP contribution in [0.2, 0.25) is 10.0 Å². The smallest absolute Gasteiger partial charge is 0.365 e. The number of carbonyl (C=O) groups is 1. The van der Waals surface area contributed by atoms with Crippen LogP contribution in [-0.2, 0) is 11.3 Å². The predicted molar refractivity (Wildman–Crippen MR) is 103 cm³/mol. The molecule has 2 aromatic carbocycles. The van der Waals surface area contributed by atoms with E-state index in [9.17, 15) is 9.59 Å². The fraction of sp³-hybridized carbons (Fsp3) is 0.111. The molecule has 0 aliphatic rings. The number of rotatable bonds is 5. The Labute approximate surface area is 164 Å². The van der Waals surface area contributed by atoms with Gasteiger partial charge < -0.3 is 10.1 Å². The molecule has 7 nitrogen and oxygen atoms in total. The summed E-state index contributed by atoms with van der Waals surface area (Å²) < 4.78 is 6.05. The second-order valence-electron chi connectivity index (χ2n) is 5.46. The van der Waals surface area contributed by atoms with Gasteiger partial charge in [-0.1, -0.05) is 29.3 Å². The lowest BCUT2D eigenvalue weighted by atomic mass is 10.1. The number of halogens is 2. The zero-order valence-electron chi connectivity index (χ0n) is 14.1. The van der Waals surface area contributed by atoms with Gasteiger partial charge in [0.2, 0.25) is 5.91 Å². The van der Waals surface area contributed by atoms with Gasteiger partial charge in [0.15, 0.2) is 0 Å². The van der Waals surface area contributed by atoms with Crippen LogP contribution in [-0.4, -0.2) is 27.8 Å². The molecule has 0 unspecified atom stereocenters. The number of benzene rings is 2. The molecule has 3 aromatic rings. The van der Waals surface area contributed by atoms with E-state index in [1.807, 2.05) is 0 Å². The van der Waals surface area contributed by atoms with Gasteiger partial charge in [0.05, 0.1) is 34.7 Å². The van der Waals surface area contributed by atoms with E-state index in [1.54, 1.807) is 49.6 Å². The van der Waals surface area contributed by atoms with Gasteiger partial charge in [-0.05, 0) is 36.4 Å². The topological polar surface area (TPSA) is 86.1 Å². The number of carbonyl (C=O) groups excluding carboxylic acids is 1. The van der Waals surface area contributed by atoms with E-state index in [0.717, 1.165) is 4.68 Å². The van der Waals surface area contributed by atoms with E-state index in [1.165, 1.54) is 6.20 Å². The molecule has 0 fully saturated rings. The highest BCUT2D eigenvalue weighted by Crippen LogP contribution is 2.29. The maximum Gasteiger partial charge on any atom is 0.365 e. The molecule has 1 aromatic heterocycles. The number of hydrogen-bond acceptors (Lipinski definition) is 5. The molecular weight excluding hydrogens is 391 g/mol. The highest BCUT2D eigenvalue weighted by molar-refractivity contribution is 6.43. The van der Waals surface area contributed by atoms with Gasteiger partial charge >= 0.3 is 5.69 Å². The third-order valence-corrected chi connectivity index (χ3v) is 4.48. The minimum absolute atomic E-state index is 0.223. The standard InChI is InChI=1S/C18H14Cl2N4O3/c1-27-12-7-5-11(6-8-12)15-9-21-24(18(26)23-15)10-16(25)22-14-4-2-3-13(19)17(14)20/h2-9H,10H2,1H3,(H,22,25). The normalized spacial score (nSPS) is 10.5. The van der Waals surface area contributed by atoms with Crippen LogP contribution in [0.4, 0.5) is 5.69 Å². The molecule has 0 aliphatic carbocycles. The fourth-order valence-electron chi connectivity index (χ4n) is 2.30. The number of methoxy groups -OCH3 is 1. The van der Waals surface area contributed by atoms with Crippen molar-refractivity contribution in [1.82, 2.24) is 14.8 Å². The Balaban J connectivity index is 1.74. The van der Waals surface area contributed by atoms with Crippen molar-refractivity contribution in [3.63, 3.8) is 0 Å². The van der Waals surface area contributed by atoms with E-state index in [2.05, 4.69) is 15.4 Å². The first-order valence-corrected chi connectivity index (χ1v) is 8.56. The molecule has 1 N–H and O–H groups in total. The SMILES string of the molecule is COc1ccc(-c2cnn(CC(=O)Nc3cccc(Cl)c3Cl)c(=O)n2)cc1. The third-order valence-electron chi connectivity index (χ3n) is 3.66. The summed E-state index contributed by atoms with van der Waals surface area (Å²) in [5.74, 6) is 0.212. The van der Waals surface area contributed by atoms with Crippen molar-refractivity contribution >= 4 is 34.8 Å². The van der Waals surface area contributed by atoms with Gasteiger partial charge in [-0.25, -0.2) is 9.48 Å². The van der Waals surface area contributed by atoms with E-state index >= 15 is 0 Å². The van der Waals surface area contributed by atoms with Gasteiger partial charge in [-0.2, -0.15) is 10.1 Å². The monoisotopic (exact) mass is 404 g/mol. The van der Waals surface area contributed by atoms with Gasteiger partial charge in [0.25, 0.3) is 0 Å². The number of nitrogens with one attached hydrogen (secondary N) is 1. The number of nitrogens with zero attached hydrogens (tertiary/aromatic N) is 3. The first kappa shape index (κ1) is 18.9. The van der Waals surface area contributed by atoms with E-state index < -0.39 is 11.6 Å². The van der Waals surface area contributed by atoms with Crippen LogP contribution in [0.15, 0.2) is 53.5 Å². The molecule has 1 amide bonds. The Kier molecular flexibility index (Phi) is 5.73. The summed E-state index contributed by atoms with van der Waals surface area (Å²) in [7, 11) is 1.57. The van der Waals surface area contributed by atoms with E-state index in [-0.39, 0.29) is 11.6 Å². The summed E-state index contributed by atoms with van der Waals surface area (Å²) in [4.78, 5) is 28.3. The Bertz CT molecular complexity index is 1040. The summed E-state index contributed by atoms with van der Waals surface area (Å²) in [6, 6.07) is 11.9. The highest BCUT2D eigenvalue weighted by Gasteiger charge is 2.11. The first-order valence-electron chi connectivity index (χ1n) is 7.80. The summed E-state index contributed by atoms with van der Waals surface area (Å²) in [5, 5.41) is 7.14. The maximum atomic E-state index is 12.2. The lowest BCUT2D eigenvalue weighted by Gasteiger charge is -2.09. The number of amides is 1. The quantitative estimate of drug-likeness (QED) is 0.704. The molecule has 0 atom stereocenters. The van der Waals surface area contributed by atoms with Gasteiger partial charge in [-0.15, -0.1) is 0 Å². The molecule has 0 radical (unpaired) electrons.